The molecule has 17 heavy (non-hydrogen) atoms. The first kappa shape index (κ1) is 10.7. The molecule has 0 N–H and O–H groups in total. The van der Waals surface area contributed by atoms with E-state index >= 15 is 0 Å². The molecule has 3 heteroatoms. The van der Waals surface area contributed by atoms with Crippen LogP contribution in [-0.4, -0.2) is 11.3 Å². The Hall–Kier alpha value is -1.48. The van der Waals surface area contributed by atoms with Crippen LogP contribution in [0.4, 0.5) is 0 Å². The molecule has 3 rings (SSSR count). The summed E-state index contributed by atoms with van der Waals surface area (Å²) in [6.07, 6.45) is 4.34. The van der Waals surface area contributed by atoms with Crippen molar-refractivity contribution in [3.8, 4) is 0 Å². The fourth-order valence-electron chi connectivity index (χ4n) is 2.53. The maximum absolute atomic E-state index is 10.7. The Morgan fingerprint density at radius 2 is 2.24 bits per heavy atom. The maximum atomic E-state index is 10.7. The van der Waals surface area contributed by atoms with Gasteiger partial charge in [-0.1, -0.05) is 24.3 Å². The van der Waals surface area contributed by atoms with E-state index in [1.807, 2.05) is 5.38 Å². The van der Waals surface area contributed by atoms with E-state index in [1.165, 1.54) is 24.0 Å². The Morgan fingerprint density at radius 1 is 1.35 bits per heavy atom. The molecule has 0 bridgehead atoms. The van der Waals surface area contributed by atoms with E-state index in [0.29, 0.717) is 11.6 Å². The normalized spacial score (nSPS) is 18.7. The molecule has 0 spiro atoms. The van der Waals surface area contributed by atoms with Gasteiger partial charge in [0, 0.05) is 11.3 Å². The summed E-state index contributed by atoms with van der Waals surface area (Å²) in [5, 5.41) is 2.93. The summed E-state index contributed by atoms with van der Waals surface area (Å²) in [6.45, 7) is 0. The van der Waals surface area contributed by atoms with Crippen molar-refractivity contribution in [2.75, 3.05) is 0 Å². The Bertz CT molecular complexity index is 547. The van der Waals surface area contributed by atoms with Gasteiger partial charge in [0.05, 0.1) is 0 Å². The predicted octanol–water partition coefficient (Wildman–Crippen LogP) is 3.42. The smallest absolute Gasteiger partial charge is 0.169 e. The minimum Gasteiger partial charge on any atom is -0.296 e. The highest BCUT2D eigenvalue weighted by atomic mass is 32.1. The van der Waals surface area contributed by atoms with Gasteiger partial charge in [0.25, 0.3) is 0 Å². The zero-order valence-electron chi connectivity index (χ0n) is 9.43. The van der Waals surface area contributed by atoms with Gasteiger partial charge in [-0.25, -0.2) is 4.98 Å². The van der Waals surface area contributed by atoms with Gasteiger partial charge in [-0.15, -0.1) is 11.3 Å². The van der Waals surface area contributed by atoms with Crippen molar-refractivity contribution in [3.63, 3.8) is 0 Å². The van der Waals surface area contributed by atoms with E-state index < -0.39 is 0 Å². The third kappa shape index (κ3) is 1.91. The topological polar surface area (TPSA) is 30.0 Å². The SMILES string of the molecule is O=Cc1csc(C2CCCc3ccccc32)n1. The number of nitrogens with zero attached hydrogens (tertiary/aromatic N) is 1. The zero-order valence-corrected chi connectivity index (χ0v) is 10.2. The molecule has 0 saturated heterocycles. The molecule has 1 aromatic heterocycles. The highest BCUT2D eigenvalue weighted by Gasteiger charge is 2.23. The number of fused-ring (bicyclic) bond motifs is 1. The fourth-order valence-corrected chi connectivity index (χ4v) is 3.44. The van der Waals surface area contributed by atoms with Gasteiger partial charge in [0.15, 0.2) is 6.29 Å². The number of hydrogen-bond donors (Lipinski definition) is 0. The third-order valence-corrected chi connectivity index (χ3v) is 4.30. The number of carbonyl (C=O) groups excluding carboxylic acids is 1. The number of benzene rings is 1. The molecule has 0 saturated carbocycles. The van der Waals surface area contributed by atoms with Crippen LogP contribution >= 0.6 is 11.3 Å². The Labute approximate surface area is 104 Å². The number of carbonyl (C=O) groups is 1. The second-order valence-corrected chi connectivity index (χ2v) is 5.26. The average Bonchev–Trinajstić information content (AvgIpc) is 2.87. The zero-order chi connectivity index (χ0) is 11.7. The van der Waals surface area contributed by atoms with Crippen LogP contribution in [0, 0.1) is 0 Å². The van der Waals surface area contributed by atoms with Gasteiger partial charge in [0.2, 0.25) is 0 Å². The molecule has 0 fully saturated rings. The van der Waals surface area contributed by atoms with Crippen molar-refractivity contribution >= 4 is 17.6 Å². The van der Waals surface area contributed by atoms with E-state index in [2.05, 4.69) is 29.2 Å². The summed E-state index contributed by atoms with van der Waals surface area (Å²) in [5.74, 6) is 0.388. The molecule has 86 valence electrons. The van der Waals surface area contributed by atoms with Crippen LogP contribution in [0.1, 0.15) is 45.4 Å². The number of hydrogen-bond acceptors (Lipinski definition) is 3. The second-order valence-electron chi connectivity index (χ2n) is 4.37. The molecular weight excluding hydrogens is 230 g/mol. The van der Waals surface area contributed by atoms with Crippen molar-refractivity contribution < 1.29 is 4.79 Å². The molecule has 1 aromatic carbocycles. The summed E-state index contributed by atoms with van der Waals surface area (Å²) in [5.41, 5.74) is 3.39. The molecule has 0 radical (unpaired) electrons. The molecule has 0 aliphatic heterocycles. The van der Waals surface area contributed by atoms with Gasteiger partial charge in [0.1, 0.15) is 10.7 Å². The van der Waals surface area contributed by atoms with Crippen LogP contribution < -0.4 is 0 Å². The largest absolute Gasteiger partial charge is 0.296 e. The minimum absolute atomic E-state index is 0.388. The lowest BCUT2D eigenvalue weighted by Gasteiger charge is -2.23. The van der Waals surface area contributed by atoms with Crippen molar-refractivity contribution in [3.05, 3.63) is 51.5 Å². The summed E-state index contributed by atoms with van der Waals surface area (Å²) in [4.78, 5) is 15.1. The standard InChI is InChI=1S/C14H13NOS/c16-8-11-9-17-14(15-11)13-7-3-5-10-4-1-2-6-12(10)13/h1-2,4,6,8-9,13H,3,5,7H2. The average molecular weight is 243 g/mol. The highest BCUT2D eigenvalue weighted by molar-refractivity contribution is 7.09. The third-order valence-electron chi connectivity index (χ3n) is 3.33. The van der Waals surface area contributed by atoms with E-state index in [-0.39, 0.29) is 0 Å². The first-order valence-corrected chi connectivity index (χ1v) is 6.75. The van der Waals surface area contributed by atoms with E-state index in [1.54, 1.807) is 11.3 Å². The summed E-state index contributed by atoms with van der Waals surface area (Å²) in [7, 11) is 0. The molecule has 2 aromatic rings. The van der Waals surface area contributed by atoms with Gasteiger partial charge in [-0.05, 0) is 30.4 Å². The van der Waals surface area contributed by atoms with Crippen molar-refractivity contribution in [1.82, 2.24) is 4.98 Å². The van der Waals surface area contributed by atoms with Gasteiger partial charge in [-0.2, -0.15) is 0 Å². The first-order chi connectivity index (χ1) is 8.38. The van der Waals surface area contributed by atoms with Crippen LogP contribution in [0.25, 0.3) is 0 Å². The molecule has 1 aliphatic rings. The van der Waals surface area contributed by atoms with Crippen LogP contribution in [0.15, 0.2) is 29.6 Å². The second kappa shape index (κ2) is 4.41. The number of thiazole rings is 1. The van der Waals surface area contributed by atoms with Crippen LogP contribution in [0.3, 0.4) is 0 Å². The molecule has 1 heterocycles. The number of rotatable bonds is 2. The lowest BCUT2D eigenvalue weighted by atomic mass is 9.83. The lowest BCUT2D eigenvalue weighted by Crippen LogP contribution is -2.10. The van der Waals surface area contributed by atoms with Crippen molar-refractivity contribution in [1.29, 1.82) is 0 Å². The van der Waals surface area contributed by atoms with Crippen LogP contribution in [0.2, 0.25) is 0 Å². The van der Waals surface area contributed by atoms with Crippen molar-refractivity contribution in [2.24, 2.45) is 0 Å². The molecule has 1 aliphatic carbocycles. The first-order valence-electron chi connectivity index (χ1n) is 5.87. The highest BCUT2D eigenvalue weighted by Crippen LogP contribution is 2.37. The Morgan fingerprint density at radius 3 is 3.06 bits per heavy atom. The number of aryl methyl sites for hydroxylation is 1. The maximum Gasteiger partial charge on any atom is 0.169 e. The molecule has 0 amide bonds. The Balaban J connectivity index is 2.02. The lowest BCUT2D eigenvalue weighted by molar-refractivity contribution is 0.111. The van der Waals surface area contributed by atoms with E-state index in [9.17, 15) is 4.79 Å². The summed E-state index contributed by atoms with van der Waals surface area (Å²) < 4.78 is 0. The van der Waals surface area contributed by atoms with Crippen LogP contribution in [0.5, 0.6) is 0 Å². The summed E-state index contributed by atoms with van der Waals surface area (Å²) >= 11 is 1.60. The van der Waals surface area contributed by atoms with E-state index in [0.717, 1.165) is 17.7 Å². The monoisotopic (exact) mass is 243 g/mol. The predicted molar refractivity (Wildman–Crippen MR) is 68.7 cm³/mol. The fraction of sp³-hybridized carbons (Fsp3) is 0.286. The van der Waals surface area contributed by atoms with Crippen molar-refractivity contribution in [2.45, 2.75) is 25.2 Å². The summed E-state index contributed by atoms with van der Waals surface area (Å²) in [6, 6.07) is 8.59. The van der Waals surface area contributed by atoms with Gasteiger partial charge in [-0.3, -0.25) is 4.79 Å². The number of aromatic nitrogens is 1. The molecule has 2 nitrogen and oxygen atoms in total. The van der Waals surface area contributed by atoms with E-state index in [4.69, 9.17) is 0 Å². The number of aldehydes is 1. The van der Waals surface area contributed by atoms with Gasteiger partial charge >= 0.3 is 0 Å². The molecule has 1 atom stereocenters. The van der Waals surface area contributed by atoms with Gasteiger partial charge < -0.3 is 0 Å². The minimum atomic E-state index is 0.388. The molecule has 1 unspecified atom stereocenters. The Kier molecular flexibility index (Phi) is 2.77. The molecular formula is C14H13NOS. The quantitative estimate of drug-likeness (QED) is 0.756. The van der Waals surface area contributed by atoms with Crippen LogP contribution in [-0.2, 0) is 6.42 Å².